The smallest absolute Gasteiger partial charge is 0.0722 e. The summed E-state index contributed by atoms with van der Waals surface area (Å²) >= 11 is 0. The molecule has 1 aliphatic heterocycles. The molecule has 1 heteroatoms. The molecule has 0 aromatic heterocycles. The first kappa shape index (κ1) is 23.0. The molecular weight excluding hydrogens is 302 g/mol. The van der Waals surface area contributed by atoms with Gasteiger partial charge in [0.15, 0.2) is 0 Å². The molecule has 1 aromatic rings. The molecule has 1 aliphatic rings. The zero-order valence-corrected chi connectivity index (χ0v) is 17.4. The van der Waals surface area contributed by atoms with Crippen LogP contribution < -0.4 is 5.32 Å². The molecule has 0 aliphatic carbocycles. The molecule has 1 aromatic carbocycles. The van der Waals surface area contributed by atoms with Crippen molar-refractivity contribution < 1.29 is 0 Å². The molecule has 1 atom stereocenters. The summed E-state index contributed by atoms with van der Waals surface area (Å²) < 4.78 is 0. The molecule has 1 nitrogen and oxygen atoms in total. The van der Waals surface area contributed by atoms with Crippen LogP contribution in [-0.4, -0.2) is 0 Å². The maximum atomic E-state index is 3.44. The molecule has 25 heavy (non-hydrogen) atoms. The molecular formula is C24H37N. The Kier molecular flexibility index (Phi) is 12.2. The number of dihydropyridines is 1. The van der Waals surface area contributed by atoms with Gasteiger partial charge in [0.2, 0.25) is 0 Å². The molecule has 0 saturated heterocycles. The lowest BCUT2D eigenvalue weighted by atomic mass is 9.93. The monoisotopic (exact) mass is 339 g/mol. The molecule has 0 fully saturated rings. The summed E-state index contributed by atoms with van der Waals surface area (Å²) in [7, 11) is 0. The van der Waals surface area contributed by atoms with Gasteiger partial charge in [-0.05, 0) is 60.4 Å². The Labute approximate surface area is 156 Å². The third-order valence-electron chi connectivity index (χ3n) is 3.59. The topological polar surface area (TPSA) is 12.0 Å². The fraction of sp³-hybridized carbons (Fsp3) is 0.417. The molecule has 0 bridgehead atoms. The second-order valence-electron chi connectivity index (χ2n) is 5.86. The van der Waals surface area contributed by atoms with Crippen LogP contribution in [0.4, 0.5) is 0 Å². The maximum Gasteiger partial charge on any atom is 0.0722 e. The lowest BCUT2D eigenvalue weighted by Crippen LogP contribution is -2.18. The van der Waals surface area contributed by atoms with E-state index in [2.05, 4.69) is 87.7 Å². The summed E-state index contributed by atoms with van der Waals surface area (Å²) in [6.45, 7) is 16.7. The molecule has 0 radical (unpaired) electrons. The summed E-state index contributed by atoms with van der Waals surface area (Å²) in [6.07, 6.45) is 12.9. The summed E-state index contributed by atoms with van der Waals surface area (Å²) in [4.78, 5) is 0. The van der Waals surface area contributed by atoms with Crippen molar-refractivity contribution in [2.24, 2.45) is 5.92 Å². The van der Waals surface area contributed by atoms with Gasteiger partial charge in [-0.2, -0.15) is 0 Å². The summed E-state index contributed by atoms with van der Waals surface area (Å²) in [5.74, 6) is 0.539. The molecule has 1 unspecified atom stereocenters. The number of nitrogens with one attached hydrogen (secondary N) is 1. The zero-order chi connectivity index (χ0) is 19.2. The van der Waals surface area contributed by atoms with Crippen LogP contribution in [0.5, 0.6) is 0 Å². The van der Waals surface area contributed by atoms with Crippen molar-refractivity contribution in [3.05, 3.63) is 77.5 Å². The van der Waals surface area contributed by atoms with E-state index in [-0.39, 0.29) is 6.04 Å². The molecule has 0 saturated carbocycles. The second kappa shape index (κ2) is 13.3. The highest BCUT2D eigenvalue weighted by Crippen LogP contribution is 2.27. The Morgan fingerprint density at radius 2 is 1.80 bits per heavy atom. The maximum absolute atomic E-state index is 3.44. The minimum absolute atomic E-state index is 0.279. The van der Waals surface area contributed by atoms with Gasteiger partial charge in [0.05, 0.1) is 6.04 Å². The van der Waals surface area contributed by atoms with Crippen molar-refractivity contribution in [3.63, 3.8) is 0 Å². The number of hydrogen-bond acceptors (Lipinski definition) is 1. The van der Waals surface area contributed by atoms with E-state index in [1.54, 1.807) is 0 Å². The Hall–Kier alpha value is -2.02. The van der Waals surface area contributed by atoms with E-state index in [0.29, 0.717) is 5.92 Å². The minimum atomic E-state index is 0.279. The fourth-order valence-electron chi connectivity index (χ4n) is 2.62. The highest BCUT2D eigenvalue weighted by molar-refractivity contribution is 5.74. The van der Waals surface area contributed by atoms with Crippen molar-refractivity contribution >= 4 is 5.57 Å². The second-order valence-corrected chi connectivity index (χ2v) is 5.86. The average Bonchev–Trinajstić information content (AvgIpc) is 2.65. The predicted molar refractivity (Wildman–Crippen MR) is 116 cm³/mol. The van der Waals surface area contributed by atoms with E-state index < -0.39 is 0 Å². The van der Waals surface area contributed by atoms with Gasteiger partial charge in [0, 0.05) is 0 Å². The third-order valence-corrected chi connectivity index (χ3v) is 3.59. The summed E-state index contributed by atoms with van der Waals surface area (Å²) in [5, 5.41) is 3.44. The highest BCUT2D eigenvalue weighted by Gasteiger charge is 2.14. The van der Waals surface area contributed by atoms with Crippen LogP contribution in [0.1, 0.15) is 72.6 Å². The fourth-order valence-corrected chi connectivity index (χ4v) is 2.62. The molecule has 2 rings (SSSR count). The van der Waals surface area contributed by atoms with E-state index in [0.717, 1.165) is 0 Å². The van der Waals surface area contributed by atoms with Crippen LogP contribution >= 0.6 is 0 Å². The van der Waals surface area contributed by atoms with Crippen LogP contribution in [0.2, 0.25) is 0 Å². The first-order valence-corrected chi connectivity index (χ1v) is 9.66. The Morgan fingerprint density at radius 1 is 1.12 bits per heavy atom. The number of rotatable bonds is 4. The van der Waals surface area contributed by atoms with Crippen molar-refractivity contribution in [1.82, 2.24) is 5.32 Å². The molecule has 1 heterocycles. The van der Waals surface area contributed by atoms with E-state index in [1.807, 2.05) is 33.9 Å². The molecule has 1 N–H and O–H groups in total. The predicted octanol–water partition coefficient (Wildman–Crippen LogP) is 7.46. The first-order valence-electron chi connectivity index (χ1n) is 9.66. The van der Waals surface area contributed by atoms with Gasteiger partial charge in [-0.1, -0.05) is 84.0 Å². The Bertz CT molecular complexity index is 600. The van der Waals surface area contributed by atoms with Gasteiger partial charge in [-0.3, -0.25) is 0 Å². The van der Waals surface area contributed by atoms with Crippen molar-refractivity contribution in [3.8, 4) is 0 Å². The van der Waals surface area contributed by atoms with Crippen LogP contribution in [-0.2, 0) is 0 Å². The summed E-state index contributed by atoms with van der Waals surface area (Å²) in [5.41, 5.74) is 5.23. The van der Waals surface area contributed by atoms with Crippen LogP contribution in [0, 0.1) is 5.92 Å². The SMILES string of the molecule is C/C=C\C(=C/C(C)C)c1cccc(C2NC=CC=C2C)c1.CC.CC. The Balaban J connectivity index is 0.00000134. The van der Waals surface area contributed by atoms with Gasteiger partial charge in [-0.25, -0.2) is 0 Å². The van der Waals surface area contributed by atoms with Gasteiger partial charge in [-0.15, -0.1) is 0 Å². The van der Waals surface area contributed by atoms with Crippen molar-refractivity contribution in [1.29, 1.82) is 0 Å². The van der Waals surface area contributed by atoms with Gasteiger partial charge >= 0.3 is 0 Å². The number of benzene rings is 1. The van der Waals surface area contributed by atoms with Gasteiger partial charge in [0.25, 0.3) is 0 Å². The Morgan fingerprint density at radius 3 is 2.36 bits per heavy atom. The molecule has 0 amide bonds. The standard InChI is InChI=1S/C20H25N.2C2H6/c1-5-8-17(13-15(2)3)18-10-6-11-19(14-18)20-16(4)9-7-12-21-20;2*1-2/h5-15,20-21H,1-4H3;2*1-2H3/b8-5-,17-13+;;. The molecule has 138 valence electrons. The van der Waals surface area contributed by atoms with Crippen molar-refractivity contribution in [2.75, 3.05) is 0 Å². The van der Waals surface area contributed by atoms with E-state index in [1.165, 1.54) is 22.3 Å². The van der Waals surface area contributed by atoms with Gasteiger partial charge < -0.3 is 5.32 Å². The third kappa shape index (κ3) is 7.60. The van der Waals surface area contributed by atoms with E-state index in [4.69, 9.17) is 0 Å². The number of allylic oxidation sites excluding steroid dienone is 6. The summed E-state index contributed by atoms with van der Waals surface area (Å²) in [6, 6.07) is 9.11. The first-order chi connectivity index (χ1) is 12.1. The minimum Gasteiger partial charge on any atom is -0.380 e. The lowest BCUT2D eigenvalue weighted by molar-refractivity contribution is 0.703. The van der Waals surface area contributed by atoms with E-state index in [9.17, 15) is 0 Å². The van der Waals surface area contributed by atoms with Crippen LogP contribution in [0.15, 0.2) is 66.4 Å². The zero-order valence-electron chi connectivity index (χ0n) is 17.4. The largest absolute Gasteiger partial charge is 0.380 e. The quantitative estimate of drug-likeness (QED) is 0.561. The highest BCUT2D eigenvalue weighted by atomic mass is 14.9. The lowest BCUT2D eigenvalue weighted by Gasteiger charge is -2.22. The normalized spacial score (nSPS) is 16.4. The average molecular weight is 340 g/mol. The van der Waals surface area contributed by atoms with E-state index >= 15 is 0 Å². The van der Waals surface area contributed by atoms with Crippen LogP contribution in [0.3, 0.4) is 0 Å². The van der Waals surface area contributed by atoms with Gasteiger partial charge in [0.1, 0.15) is 0 Å². The van der Waals surface area contributed by atoms with Crippen molar-refractivity contribution in [2.45, 2.75) is 61.4 Å². The van der Waals surface area contributed by atoms with Crippen LogP contribution in [0.25, 0.3) is 5.57 Å². The number of hydrogen-bond donors (Lipinski definition) is 1. The molecule has 0 spiro atoms.